The number of hydrogen-bond acceptors (Lipinski definition) is 8. The van der Waals surface area contributed by atoms with Gasteiger partial charge in [-0.25, -0.2) is 40.5 Å². The van der Waals surface area contributed by atoms with Crippen molar-refractivity contribution >= 4 is 0 Å². The van der Waals surface area contributed by atoms with Gasteiger partial charge in [-0.15, -0.1) is 15.0 Å². The minimum absolute atomic E-state index is 0.423. The van der Waals surface area contributed by atoms with Crippen molar-refractivity contribution in [2.75, 3.05) is 33.0 Å². The van der Waals surface area contributed by atoms with Crippen molar-refractivity contribution in [1.29, 1.82) is 0 Å². The normalized spacial score (nSPS) is 20.4. The molecule has 2 aliphatic rings. The summed E-state index contributed by atoms with van der Waals surface area (Å²) < 4.78 is 0. The van der Waals surface area contributed by atoms with Crippen LogP contribution < -0.4 is 0 Å². The first-order chi connectivity index (χ1) is 10.2. The van der Waals surface area contributed by atoms with Gasteiger partial charge in [-0.1, -0.05) is 5.01 Å². The lowest BCUT2D eigenvalue weighted by Crippen LogP contribution is -2.68. The van der Waals surface area contributed by atoms with Gasteiger partial charge in [-0.05, 0) is 0 Å². The van der Waals surface area contributed by atoms with E-state index in [1.54, 1.807) is 0 Å². The van der Waals surface area contributed by atoms with Gasteiger partial charge in [-0.3, -0.25) is 0 Å². The van der Waals surface area contributed by atoms with Crippen LogP contribution in [-0.4, -0.2) is 78.7 Å². The molecular formula is C6H10N8O8. The fraction of sp³-hybridized carbons (Fsp3) is 1.00. The number of nitro groups is 4. The SMILES string of the molecule is O=[N+]([O-])N1CN([N+](=O)[O-])CC2(C1)CN([N+](=O)[O-])CN2[N+](=O)[O-]. The third-order valence-electron chi connectivity index (χ3n) is 3.49. The molecule has 0 radical (unpaired) electrons. The minimum atomic E-state index is -1.74. The molecule has 0 aromatic rings. The highest BCUT2D eigenvalue weighted by Gasteiger charge is 2.62. The summed E-state index contributed by atoms with van der Waals surface area (Å²) in [6.45, 7) is -3.04. The quantitative estimate of drug-likeness (QED) is 0.396. The highest BCUT2D eigenvalue weighted by atomic mass is 16.7. The second-order valence-corrected chi connectivity index (χ2v) is 4.85. The summed E-state index contributed by atoms with van der Waals surface area (Å²) in [6.07, 6.45) is 0. The molecule has 1 spiro atoms. The van der Waals surface area contributed by atoms with Gasteiger partial charge in [0, 0.05) is 0 Å². The molecule has 2 heterocycles. The van der Waals surface area contributed by atoms with Crippen molar-refractivity contribution in [3.8, 4) is 0 Å². The Bertz CT molecular complexity index is 517. The van der Waals surface area contributed by atoms with Gasteiger partial charge in [0.15, 0.2) is 25.7 Å². The first kappa shape index (κ1) is 15.2. The van der Waals surface area contributed by atoms with E-state index in [9.17, 15) is 40.5 Å². The summed E-state index contributed by atoms with van der Waals surface area (Å²) in [7, 11) is 0. The van der Waals surface area contributed by atoms with Gasteiger partial charge in [0.1, 0.15) is 19.6 Å². The van der Waals surface area contributed by atoms with Gasteiger partial charge < -0.3 is 0 Å². The molecular weight excluding hydrogens is 312 g/mol. The van der Waals surface area contributed by atoms with Gasteiger partial charge >= 0.3 is 0 Å². The molecule has 0 aromatic carbocycles. The van der Waals surface area contributed by atoms with Crippen LogP contribution in [0.3, 0.4) is 0 Å². The zero-order valence-corrected chi connectivity index (χ0v) is 10.9. The molecule has 2 fully saturated rings. The predicted octanol–water partition coefficient (Wildman–Crippen LogP) is -2.36. The molecule has 0 aromatic heterocycles. The molecule has 122 valence electrons. The lowest BCUT2D eigenvalue weighted by molar-refractivity contribution is -0.738. The van der Waals surface area contributed by atoms with E-state index in [0.29, 0.717) is 20.0 Å². The molecule has 0 bridgehead atoms. The van der Waals surface area contributed by atoms with E-state index in [-0.39, 0.29) is 0 Å². The number of nitrogens with zero attached hydrogens (tertiary/aromatic N) is 8. The lowest BCUT2D eigenvalue weighted by Gasteiger charge is -2.37. The molecule has 2 saturated heterocycles. The maximum Gasteiger partial charge on any atom is 0.208 e. The number of hydrogen-bond donors (Lipinski definition) is 0. The van der Waals surface area contributed by atoms with E-state index >= 15 is 0 Å². The molecule has 0 unspecified atom stereocenters. The Morgan fingerprint density at radius 2 is 1.00 bits per heavy atom. The smallest absolute Gasteiger partial charge is 0.208 e. The third-order valence-corrected chi connectivity index (χ3v) is 3.49. The standard InChI is InChI=1S/C6H10N8O8/c15-11(16)7-1-6(2-8(4-7)12(17)18)3-9(13(19)20)5-10(6)14(21)22/h1-5H2. The molecule has 16 nitrogen and oxygen atoms in total. The van der Waals surface area contributed by atoms with E-state index in [0.717, 1.165) is 0 Å². The molecule has 16 heteroatoms. The van der Waals surface area contributed by atoms with E-state index < -0.39 is 58.6 Å². The molecule has 0 atom stereocenters. The first-order valence-corrected chi connectivity index (χ1v) is 5.76. The third kappa shape index (κ3) is 2.40. The number of rotatable bonds is 4. The molecule has 0 amide bonds. The summed E-state index contributed by atoms with van der Waals surface area (Å²) >= 11 is 0. The summed E-state index contributed by atoms with van der Waals surface area (Å²) in [6, 6.07) is 0. The predicted molar refractivity (Wildman–Crippen MR) is 62.4 cm³/mol. The van der Waals surface area contributed by atoms with Crippen molar-refractivity contribution in [2.45, 2.75) is 5.54 Å². The van der Waals surface area contributed by atoms with Gasteiger partial charge in [0.2, 0.25) is 13.3 Å². The maximum atomic E-state index is 11.1. The first-order valence-electron chi connectivity index (χ1n) is 5.76. The zero-order valence-electron chi connectivity index (χ0n) is 10.9. The topological polar surface area (TPSA) is 186 Å². The Balaban J connectivity index is 2.38. The number of hydrazine groups is 4. The second kappa shape index (κ2) is 4.97. The molecule has 2 rings (SSSR count). The second-order valence-electron chi connectivity index (χ2n) is 4.85. The fourth-order valence-corrected chi connectivity index (χ4v) is 2.61. The highest BCUT2D eigenvalue weighted by molar-refractivity contribution is 4.98. The molecule has 0 N–H and O–H groups in total. The van der Waals surface area contributed by atoms with Crippen molar-refractivity contribution in [3.63, 3.8) is 0 Å². The summed E-state index contributed by atoms with van der Waals surface area (Å²) in [5.74, 6) is 0. The summed E-state index contributed by atoms with van der Waals surface area (Å²) in [5.41, 5.74) is -1.74. The van der Waals surface area contributed by atoms with Crippen LogP contribution in [0.25, 0.3) is 0 Å². The largest absolute Gasteiger partial charge is 0.235 e. The highest BCUT2D eigenvalue weighted by Crippen LogP contribution is 2.30. The fourth-order valence-electron chi connectivity index (χ4n) is 2.61. The molecule has 22 heavy (non-hydrogen) atoms. The van der Waals surface area contributed by atoms with Crippen LogP contribution in [0.1, 0.15) is 0 Å². The zero-order chi connectivity index (χ0) is 16.7. The van der Waals surface area contributed by atoms with Gasteiger partial charge in [-0.2, -0.15) is 0 Å². The Kier molecular flexibility index (Phi) is 3.43. The van der Waals surface area contributed by atoms with Crippen molar-refractivity contribution in [2.24, 2.45) is 0 Å². The van der Waals surface area contributed by atoms with Crippen molar-refractivity contribution in [3.05, 3.63) is 40.5 Å². The Labute approximate surface area is 120 Å². The van der Waals surface area contributed by atoms with Crippen LogP contribution in [0, 0.1) is 40.5 Å². The van der Waals surface area contributed by atoms with E-state index in [4.69, 9.17) is 0 Å². The Morgan fingerprint density at radius 1 is 0.636 bits per heavy atom. The monoisotopic (exact) mass is 322 g/mol. The van der Waals surface area contributed by atoms with Gasteiger partial charge in [0.25, 0.3) is 0 Å². The van der Waals surface area contributed by atoms with Crippen LogP contribution in [0.2, 0.25) is 0 Å². The van der Waals surface area contributed by atoms with E-state index in [1.165, 1.54) is 0 Å². The average molecular weight is 322 g/mol. The lowest BCUT2D eigenvalue weighted by atomic mass is 9.98. The van der Waals surface area contributed by atoms with Crippen LogP contribution >= 0.6 is 0 Å². The summed E-state index contributed by atoms with van der Waals surface area (Å²) in [4.78, 5) is 43.7. The minimum Gasteiger partial charge on any atom is -0.235 e. The van der Waals surface area contributed by atoms with E-state index in [1.807, 2.05) is 0 Å². The average Bonchev–Trinajstić information content (AvgIpc) is 2.77. The van der Waals surface area contributed by atoms with Crippen LogP contribution in [0.5, 0.6) is 0 Å². The Hall–Kier alpha value is -3.20. The van der Waals surface area contributed by atoms with E-state index in [2.05, 4.69) is 0 Å². The molecule has 2 aliphatic heterocycles. The van der Waals surface area contributed by atoms with Crippen LogP contribution in [0.15, 0.2) is 0 Å². The van der Waals surface area contributed by atoms with Crippen LogP contribution in [0.4, 0.5) is 0 Å². The Morgan fingerprint density at radius 3 is 1.32 bits per heavy atom. The van der Waals surface area contributed by atoms with Crippen molar-refractivity contribution in [1.82, 2.24) is 20.0 Å². The molecule has 0 saturated carbocycles. The van der Waals surface area contributed by atoms with Crippen molar-refractivity contribution < 1.29 is 20.1 Å². The summed E-state index contributed by atoms with van der Waals surface area (Å²) in [5, 5.41) is 41.8. The van der Waals surface area contributed by atoms with Crippen LogP contribution in [-0.2, 0) is 0 Å². The van der Waals surface area contributed by atoms with Gasteiger partial charge in [0.05, 0.1) is 0 Å². The maximum absolute atomic E-state index is 11.1. The molecule has 0 aliphatic carbocycles.